The maximum absolute atomic E-state index is 14.2. The Morgan fingerprint density at radius 3 is 2.33 bits per heavy atom. The number of esters is 1. The Balaban J connectivity index is 1.48. The van der Waals surface area contributed by atoms with Gasteiger partial charge in [0.15, 0.2) is 6.10 Å². The van der Waals surface area contributed by atoms with E-state index in [9.17, 15) is 29.1 Å². The van der Waals surface area contributed by atoms with Crippen molar-refractivity contribution in [3.05, 3.63) is 52.0 Å². The lowest BCUT2D eigenvalue weighted by molar-refractivity contribution is -0.149. The largest absolute Gasteiger partial charge is 0.481 e. The van der Waals surface area contributed by atoms with Gasteiger partial charge in [-0.15, -0.1) is 11.3 Å². The van der Waals surface area contributed by atoms with Crippen molar-refractivity contribution in [3.63, 3.8) is 0 Å². The van der Waals surface area contributed by atoms with Crippen LogP contribution in [0.1, 0.15) is 113 Å². The van der Waals surface area contributed by atoms with E-state index in [-0.39, 0.29) is 54.3 Å². The summed E-state index contributed by atoms with van der Waals surface area (Å²) in [4.78, 5) is 73.5. The Bertz CT molecular complexity index is 1510. The number of likely N-dealkylation sites (N-methyl/N-ethyl adjacent to an activating group) is 2. The summed E-state index contributed by atoms with van der Waals surface area (Å²) >= 11 is 1.20. The van der Waals surface area contributed by atoms with Gasteiger partial charge in [-0.25, -0.2) is 4.98 Å². The summed E-state index contributed by atoms with van der Waals surface area (Å²) in [5.74, 6) is -2.75. The lowest BCUT2D eigenvalue weighted by atomic mass is 9.78. The number of hydrogen-bond donors (Lipinski definition) is 3. The highest BCUT2D eigenvalue weighted by molar-refractivity contribution is 7.09. The van der Waals surface area contributed by atoms with Gasteiger partial charge in [-0.05, 0) is 75.9 Å². The maximum atomic E-state index is 14.2. The average Bonchev–Trinajstić information content (AvgIpc) is 3.58. The number of aryl methyl sites for hydroxylation is 1. The average molecular weight is 740 g/mol. The standard InChI is InChI=1S/C39H57N5O7S/c1-24(2)32(44(6)38(48)34(28-15-12-16-28)42-36(47)31-17-10-11-20-43(31)5)22-33(51-26(4)45)37-41-30(23-52-37)35(46)40-29(21-25(3)39(49)50)19-18-27-13-8-7-9-14-27/h7-9,13-14,23-25,28-29,31-34H,10-12,15-22H2,1-6H3,(H,40,46)(H,42,47)(H,49,50)/t25-,29-,31+,32+,33+,34-/m0/s1. The number of thiazole rings is 1. The number of piperidine rings is 1. The molecule has 2 fully saturated rings. The molecule has 12 nitrogen and oxygen atoms in total. The number of likely N-dealkylation sites (tertiary alicyclic amines) is 1. The van der Waals surface area contributed by atoms with Crippen LogP contribution < -0.4 is 10.6 Å². The molecule has 3 amide bonds. The number of aliphatic carboxylic acids is 1. The molecule has 1 aromatic heterocycles. The van der Waals surface area contributed by atoms with Crippen molar-refractivity contribution in [2.24, 2.45) is 17.8 Å². The number of carbonyl (C=O) groups is 5. The highest BCUT2D eigenvalue weighted by Gasteiger charge is 2.40. The van der Waals surface area contributed by atoms with Crippen molar-refractivity contribution in [3.8, 4) is 0 Å². The van der Waals surface area contributed by atoms with Gasteiger partial charge >= 0.3 is 11.9 Å². The zero-order chi connectivity index (χ0) is 37.9. The van der Waals surface area contributed by atoms with E-state index >= 15 is 0 Å². The molecule has 1 saturated heterocycles. The third-order valence-electron chi connectivity index (χ3n) is 10.7. The van der Waals surface area contributed by atoms with Crippen molar-refractivity contribution in [2.45, 2.75) is 122 Å². The van der Waals surface area contributed by atoms with E-state index in [0.717, 1.165) is 50.6 Å². The van der Waals surface area contributed by atoms with Gasteiger partial charge in [-0.1, -0.05) is 63.9 Å². The van der Waals surface area contributed by atoms with Crippen molar-refractivity contribution in [2.75, 3.05) is 20.6 Å². The molecule has 6 atom stereocenters. The van der Waals surface area contributed by atoms with E-state index < -0.39 is 42.0 Å². The molecule has 2 aromatic rings. The number of benzene rings is 1. The van der Waals surface area contributed by atoms with Crippen LogP contribution in [-0.4, -0.2) is 94.4 Å². The smallest absolute Gasteiger partial charge is 0.306 e. The molecule has 3 N–H and O–H groups in total. The van der Waals surface area contributed by atoms with Crippen LogP contribution in [0, 0.1) is 17.8 Å². The molecular formula is C39H57N5O7S. The van der Waals surface area contributed by atoms with Gasteiger partial charge in [-0.2, -0.15) is 0 Å². The van der Waals surface area contributed by atoms with Gasteiger partial charge < -0.3 is 25.4 Å². The number of carboxylic acid groups (broad SMARTS) is 1. The van der Waals surface area contributed by atoms with Crippen LogP contribution in [0.5, 0.6) is 0 Å². The van der Waals surface area contributed by atoms with Crippen LogP contribution in [0.15, 0.2) is 35.7 Å². The zero-order valence-electron chi connectivity index (χ0n) is 31.5. The number of ether oxygens (including phenoxy) is 1. The first-order valence-corrected chi connectivity index (χ1v) is 19.6. The van der Waals surface area contributed by atoms with Crippen molar-refractivity contribution in [1.29, 1.82) is 0 Å². The normalized spacial score (nSPS) is 19.4. The molecule has 1 aliphatic carbocycles. The minimum absolute atomic E-state index is 0.0291. The Morgan fingerprint density at radius 1 is 1.02 bits per heavy atom. The number of nitrogens with zero attached hydrogens (tertiary/aromatic N) is 3. The molecule has 2 aliphatic rings. The summed E-state index contributed by atoms with van der Waals surface area (Å²) in [6.07, 6.45) is 6.49. The van der Waals surface area contributed by atoms with E-state index in [1.165, 1.54) is 18.3 Å². The Kier molecular flexibility index (Phi) is 15.2. The highest BCUT2D eigenvalue weighted by Crippen LogP contribution is 2.34. The number of carboxylic acids is 1. The predicted octanol–water partition coefficient (Wildman–Crippen LogP) is 5.23. The van der Waals surface area contributed by atoms with Crippen LogP contribution in [-0.2, 0) is 30.3 Å². The van der Waals surface area contributed by atoms with Gasteiger partial charge in [0.05, 0.1) is 12.0 Å². The van der Waals surface area contributed by atoms with Gasteiger partial charge in [0, 0.05) is 37.9 Å². The van der Waals surface area contributed by atoms with Crippen LogP contribution >= 0.6 is 11.3 Å². The molecule has 0 radical (unpaired) electrons. The Morgan fingerprint density at radius 2 is 1.73 bits per heavy atom. The van der Waals surface area contributed by atoms with E-state index in [1.54, 1.807) is 24.3 Å². The molecule has 1 aliphatic heterocycles. The second-order valence-corrected chi connectivity index (χ2v) is 15.9. The molecule has 0 bridgehead atoms. The minimum atomic E-state index is -0.930. The first-order chi connectivity index (χ1) is 24.7. The lowest BCUT2D eigenvalue weighted by Crippen LogP contribution is -2.59. The molecule has 2 heterocycles. The molecule has 0 unspecified atom stereocenters. The summed E-state index contributed by atoms with van der Waals surface area (Å²) in [6, 6.07) is 8.16. The molecule has 1 aromatic carbocycles. The van der Waals surface area contributed by atoms with E-state index in [2.05, 4.69) is 20.5 Å². The summed E-state index contributed by atoms with van der Waals surface area (Å²) < 4.78 is 5.78. The monoisotopic (exact) mass is 739 g/mol. The molecule has 286 valence electrons. The third-order valence-corrected chi connectivity index (χ3v) is 11.6. The number of hydrogen-bond acceptors (Lipinski definition) is 9. The molecule has 4 rings (SSSR count). The number of aromatic nitrogens is 1. The van der Waals surface area contributed by atoms with Crippen LogP contribution in [0.2, 0.25) is 0 Å². The van der Waals surface area contributed by atoms with Crippen molar-refractivity contribution in [1.82, 2.24) is 25.4 Å². The van der Waals surface area contributed by atoms with E-state index in [0.29, 0.717) is 17.8 Å². The molecule has 13 heteroatoms. The molecule has 1 saturated carbocycles. The summed E-state index contributed by atoms with van der Waals surface area (Å²) in [5.41, 5.74) is 1.24. The quantitative estimate of drug-likeness (QED) is 0.174. The highest BCUT2D eigenvalue weighted by atomic mass is 32.1. The van der Waals surface area contributed by atoms with Gasteiger partial charge in [-0.3, -0.25) is 28.9 Å². The second kappa shape index (κ2) is 19.3. The lowest BCUT2D eigenvalue weighted by Gasteiger charge is -2.41. The Hall–Kier alpha value is -3.84. The molecule has 0 spiro atoms. The van der Waals surface area contributed by atoms with Gasteiger partial charge in [0.25, 0.3) is 5.91 Å². The van der Waals surface area contributed by atoms with Crippen LogP contribution in [0.4, 0.5) is 0 Å². The van der Waals surface area contributed by atoms with E-state index in [4.69, 9.17) is 4.74 Å². The fraction of sp³-hybridized carbons (Fsp3) is 0.641. The summed E-state index contributed by atoms with van der Waals surface area (Å²) in [5, 5.41) is 17.7. The topological polar surface area (TPSA) is 158 Å². The van der Waals surface area contributed by atoms with Gasteiger partial charge in [0.2, 0.25) is 11.8 Å². The number of carbonyl (C=O) groups excluding carboxylic acids is 4. The predicted molar refractivity (Wildman–Crippen MR) is 200 cm³/mol. The van der Waals surface area contributed by atoms with E-state index in [1.807, 2.05) is 51.2 Å². The summed E-state index contributed by atoms with van der Waals surface area (Å²) in [7, 11) is 3.70. The fourth-order valence-electron chi connectivity index (χ4n) is 7.25. The minimum Gasteiger partial charge on any atom is -0.481 e. The first-order valence-electron chi connectivity index (χ1n) is 18.7. The molecular weight excluding hydrogens is 683 g/mol. The number of amides is 3. The number of rotatable bonds is 18. The van der Waals surface area contributed by atoms with Crippen molar-refractivity contribution >= 4 is 41.0 Å². The van der Waals surface area contributed by atoms with Crippen LogP contribution in [0.25, 0.3) is 0 Å². The third kappa shape index (κ3) is 11.3. The zero-order valence-corrected chi connectivity index (χ0v) is 32.3. The number of nitrogens with one attached hydrogen (secondary N) is 2. The second-order valence-electron chi connectivity index (χ2n) is 15.0. The SMILES string of the molecule is CC(=O)O[C@H](C[C@H](C(C)C)N(C)C(=O)[C@@H](NC(=O)[C@H]1CCCCN1C)C1CCC1)c1nc(C(=O)N[C@@H](CCc2ccccc2)C[C@H](C)C(=O)O)cs1. The van der Waals surface area contributed by atoms with Gasteiger partial charge in [0.1, 0.15) is 16.7 Å². The summed E-state index contributed by atoms with van der Waals surface area (Å²) in [6.45, 7) is 7.80. The van der Waals surface area contributed by atoms with Crippen molar-refractivity contribution < 1.29 is 33.8 Å². The molecule has 52 heavy (non-hydrogen) atoms. The first kappa shape index (κ1) is 40.9. The maximum Gasteiger partial charge on any atom is 0.306 e. The van der Waals surface area contributed by atoms with Crippen LogP contribution in [0.3, 0.4) is 0 Å². The fourth-order valence-corrected chi connectivity index (χ4v) is 8.09. The Labute approximate surface area is 312 Å².